The maximum atomic E-state index is 5.71. The van der Waals surface area contributed by atoms with Gasteiger partial charge in [-0.1, -0.05) is 0 Å². The monoisotopic (exact) mass is 396 g/mol. The summed E-state index contributed by atoms with van der Waals surface area (Å²) in [6.45, 7) is 9.61. The molecule has 0 radical (unpaired) electrons. The molecule has 2 saturated heterocycles. The van der Waals surface area contributed by atoms with Gasteiger partial charge in [-0.2, -0.15) is 4.98 Å². The molecule has 0 aromatic carbocycles. The Kier molecular flexibility index (Phi) is 4.51. The molecule has 29 heavy (non-hydrogen) atoms. The molecule has 3 aliphatic heterocycles. The third-order valence-electron chi connectivity index (χ3n) is 6.38. The summed E-state index contributed by atoms with van der Waals surface area (Å²) < 4.78 is 5.62. The molecule has 2 atom stereocenters. The average molecular weight is 396 g/mol. The van der Waals surface area contributed by atoms with Crippen molar-refractivity contribution in [1.82, 2.24) is 25.3 Å². The highest BCUT2D eigenvalue weighted by atomic mass is 16.5. The summed E-state index contributed by atoms with van der Waals surface area (Å²) >= 11 is 0. The molecule has 0 saturated carbocycles. The first-order valence-corrected chi connectivity index (χ1v) is 10.4. The fraction of sp³-hybridized carbons (Fsp3) is 0.600. The van der Waals surface area contributed by atoms with E-state index in [2.05, 4.69) is 38.9 Å². The second-order valence-corrected chi connectivity index (χ2v) is 8.45. The van der Waals surface area contributed by atoms with Gasteiger partial charge in [0.1, 0.15) is 5.82 Å². The van der Waals surface area contributed by atoms with Gasteiger partial charge < -0.3 is 25.6 Å². The van der Waals surface area contributed by atoms with Crippen LogP contribution in [-0.2, 0) is 11.2 Å². The van der Waals surface area contributed by atoms with Crippen molar-refractivity contribution in [1.29, 1.82) is 0 Å². The highest BCUT2D eigenvalue weighted by Gasteiger charge is 2.41. The number of nitrogen functional groups attached to an aromatic ring is 1. The maximum absolute atomic E-state index is 5.71. The predicted molar refractivity (Wildman–Crippen MR) is 112 cm³/mol. The Morgan fingerprint density at radius 1 is 1.24 bits per heavy atom. The van der Waals surface area contributed by atoms with Crippen molar-refractivity contribution in [2.75, 3.05) is 54.9 Å². The molecule has 0 unspecified atom stereocenters. The normalized spacial score (nSPS) is 26.8. The van der Waals surface area contributed by atoms with E-state index in [9.17, 15) is 0 Å². The molecule has 3 aliphatic rings. The van der Waals surface area contributed by atoms with Crippen molar-refractivity contribution in [3.05, 3.63) is 18.0 Å². The van der Waals surface area contributed by atoms with Crippen LogP contribution in [0.5, 0.6) is 0 Å². The lowest BCUT2D eigenvalue weighted by Crippen LogP contribution is -2.48. The molecule has 2 aromatic heterocycles. The molecule has 3 N–H and O–H groups in total. The van der Waals surface area contributed by atoms with Crippen LogP contribution in [0.1, 0.15) is 25.8 Å². The van der Waals surface area contributed by atoms with Gasteiger partial charge in [0.2, 0.25) is 11.9 Å². The van der Waals surface area contributed by atoms with Crippen molar-refractivity contribution < 1.29 is 4.74 Å². The molecular weight excluding hydrogens is 368 g/mol. The Bertz CT molecular complexity index is 896. The van der Waals surface area contributed by atoms with Gasteiger partial charge in [-0.05, 0) is 33.2 Å². The van der Waals surface area contributed by atoms with E-state index in [0.29, 0.717) is 13.2 Å². The van der Waals surface area contributed by atoms with Crippen LogP contribution in [0.4, 0.5) is 17.7 Å². The van der Waals surface area contributed by atoms with Crippen LogP contribution < -0.4 is 20.9 Å². The van der Waals surface area contributed by atoms with Crippen molar-refractivity contribution in [3.63, 3.8) is 0 Å². The summed E-state index contributed by atoms with van der Waals surface area (Å²) in [5.74, 6) is 2.08. The Morgan fingerprint density at radius 3 is 2.79 bits per heavy atom. The fourth-order valence-electron chi connectivity index (χ4n) is 4.66. The Morgan fingerprint density at radius 2 is 2.07 bits per heavy atom. The minimum absolute atomic E-state index is 0.0718. The van der Waals surface area contributed by atoms with Crippen LogP contribution in [0.15, 0.2) is 12.4 Å². The SMILES string of the molecule is C[C@H]1COCCN1c1nc(-c2cnc(N)nc2)c2c(n1)N([C@@]1(C)CCNC1)CC2. The second-order valence-electron chi connectivity index (χ2n) is 8.45. The van der Waals surface area contributed by atoms with E-state index in [1.165, 1.54) is 5.56 Å². The number of aromatic nitrogens is 4. The lowest BCUT2D eigenvalue weighted by molar-refractivity contribution is 0.0981. The lowest BCUT2D eigenvalue weighted by atomic mass is 9.99. The average Bonchev–Trinajstić information content (AvgIpc) is 3.35. The summed E-state index contributed by atoms with van der Waals surface area (Å²) in [5.41, 5.74) is 8.76. The summed E-state index contributed by atoms with van der Waals surface area (Å²) in [6.07, 6.45) is 5.56. The van der Waals surface area contributed by atoms with Crippen molar-refractivity contribution in [2.45, 2.75) is 38.3 Å². The number of morpholine rings is 1. The molecule has 0 bridgehead atoms. The van der Waals surface area contributed by atoms with Crippen LogP contribution in [0.25, 0.3) is 11.3 Å². The molecular formula is C20H28N8O. The third kappa shape index (κ3) is 3.18. The van der Waals surface area contributed by atoms with Crippen LogP contribution >= 0.6 is 0 Å². The molecule has 5 heterocycles. The molecule has 0 amide bonds. The van der Waals surface area contributed by atoms with Gasteiger partial charge in [0.25, 0.3) is 0 Å². The van der Waals surface area contributed by atoms with Gasteiger partial charge >= 0.3 is 0 Å². The Hall–Kier alpha value is -2.52. The van der Waals surface area contributed by atoms with E-state index in [1.807, 2.05) is 0 Å². The topological polar surface area (TPSA) is 105 Å². The number of ether oxygens (including phenoxy) is 1. The van der Waals surface area contributed by atoms with Gasteiger partial charge in [-0.25, -0.2) is 15.0 Å². The summed E-state index contributed by atoms with van der Waals surface area (Å²) in [7, 11) is 0. The minimum atomic E-state index is 0.0718. The quantitative estimate of drug-likeness (QED) is 0.781. The fourth-order valence-corrected chi connectivity index (χ4v) is 4.66. The number of anilines is 3. The summed E-state index contributed by atoms with van der Waals surface area (Å²) in [4.78, 5) is 23.2. The predicted octanol–water partition coefficient (Wildman–Crippen LogP) is 0.855. The van der Waals surface area contributed by atoms with Gasteiger partial charge in [0.15, 0.2) is 0 Å². The van der Waals surface area contributed by atoms with E-state index in [0.717, 1.165) is 62.0 Å². The van der Waals surface area contributed by atoms with Crippen molar-refractivity contribution >= 4 is 17.7 Å². The van der Waals surface area contributed by atoms with E-state index in [1.54, 1.807) is 12.4 Å². The van der Waals surface area contributed by atoms with E-state index in [4.69, 9.17) is 20.4 Å². The third-order valence-corrected chi connectivity index (χ3v) is 6.38. The number of nitrogens with one attached hydrogen (secondary N) is 1. The zero-order valence-corrected chi connectivity index (χ0v) is 17.1. The first-order valence-electron chi connectivity index (χ1n) is 10.4. The lowest BCUT2D eigenvalue weighted by Gasteiger charge is -2.37. The van der Waals surface area contributed by atoms with Crippen LogP contribution in [0.2, 0.25) is 0 Å². The maximum Gasteiger partial charge on any atom is 0.228 e. The minimum Gasteiger partial charge on any atom is -0.377 e. The van der Waals surface area contributed by atoms with Crippen LogP contribution in [0, 0.1) is 0 Å². The van der Waals surface area contributed by atoms with Crippen molar-refractivity contribution in [3.8, 4) is 11.3 Å². The Balaban J connectivity index is 1.64. The number of rotatable bonds is 3. The second kappa shape index (κ2) is 7.07. The number of hydrogen-bond acceptors (Lipinski definition) is 9. The number of hydrogen-bond donors (Lipinski definition) is 2. The number of nitrogens with two attached hydrogens (primary N) is 1. The molecule has 9 nitrogen and oxygen atoms in total. The summed E-state index contributed by atoms with van der Waals surface area (Å²) in [6, 6.07) is 0.232. The molecule has 0 aliphatic carbocycles. The van der Waals surface area contributed by atoms with E-state index in [-0.39, 0.29) is 17.5 Å². The van der Waals surface area contributed by atoms with Gasteiger partial charge in [-0.3, -0.25) is 0 Å². The molecule has 154 valence electrons. The highest BCUT2D eigenvalue weighted by Crippen LogP contribution is 2.40. The highest BCUT2D eigenvalue weighted by molar-refractivity contribution is 5.73. The van der Waals surface area contributed by atoms with Gasteiger partial charge in [-0.15, -0.1) is 0 Å². The number of nitrogens with zero attached hydrogens (tertiary/aromatic N) is 6. The first-order chi connectivity index (χ1) is 14.0. The molecule has 2 fully saturated rings. The largest absolute Gasteiger partial charge is 0.377 e. The van der Waals surface area contributed by atoms with E-state index < -0.39 is 0 Å². The van der Waals surface area contributed by atoms with Gasteiger partial charge in [0.05, 0.1) is 30.5 Å². The van der Waals surface area contributed by atoms with Crippen LogP contribution in [-0.4, -0.2) is 70.9 Å². The molecule has 0 spiro atoms. The molecule has 5 rings (SSSR count). The molecule has 9 heteroatoms. The first kappa shape index (κ1) is 18.5. The van der Waals surface area contributed by atoms with E-state index >= 15 is 0 Å². The number of fused-ring (bicyclic) bond motifs is 1. The summed E-state index contributed by atoms with van der Waals surface area (Å²) in [5, 5.41) is 3.51. The smallest absolute Gasteiger partial charge is 0.228 e. The standard InChI is InChI=1S/C20H28N8O/c1-13-11-29-8-7-27(13)19-25-16(14-9-23-18(21)24-10-14)15-3-6-28(17(15)26-19)20(2)4-5-22-12-20/h9-10,13,22H,3-8,11-12H2,1-2H3,(H2,21,23,24)/t13-,20-/m0/s1. The molecule has 2 aromatic rings. The Labute approximate surface area is 170 Å². The zero-order chi connectivity index (χ0) is 20.0. The van der Waals surface area contributed by atoms with Gasteiger partial charge in [0, 0.05) is 43.2 Å². The van der Waals surface area contributed by atoms with Crippen LogP contribution in [0.3, 0.4) is 0 Å². The van der Waals surface area contributed by atoms with Crippen molar-refractivity contribution in [2.24, 2.45) is 0 Å². The zero-order valence-electron chi connectivity index (χ0n) is 17.1.